The van der Waals surface area contributed by atoms with Crippen LogP contribution in [0.4, 0.5) is 0 Å². The van der Waals surface area contributed by atoms with Gasteiger partial charge in [0.25, 0.3) is 0 Å². The molecule has 1 fully saturated rings. The van der Waals surface area contributed by atoms with Crippen LogP contribution in [-0.2, 0) is 14.4 Å². The molecule has 2 rings (SSSR count). The highest BCUT2D eigenvalue weighted by molar-refractivity contribution is 5.80. The van der Waals surface area contributed by atoms with Gasteiger partial charge in [0.15, 0.2) is 0 Å². The van der Waals surface area contributed by atoms with Crippen molar-refractivity contribution in [2.75, 3.05) is 19.6 Å². The number of hydrogen-bond donors (Lipinski definition) is 2. The molecule has 0 aromatic heterocycles. The third kappa shape index (κ3) is 6.21. The van der Waals surface area contributed by atoms with E-state index < -0.39 is 0 Å². The lowest BCUT2D eigenvalue weighted by Crippen LogP contribution is -2.35. The van der Waals surface area contributed by atoms with Gasteiger partial charge in [0.1, 0.15) is 0 Å². The Hall–Kier alpha value is -2.37. The van der Waals surface area contributed by atoms with Crippen molar-refractivity contribution in [2.45, 2.75) is 45.6 Å². The minimum atomic E-state index is -0.368. The molecule has 6 heteroatoms. The molecule has 1 heterocycles. The lowest BCUT2D eigenvalue weighted by molar-refractivity contribution is -0.130. The van der Waals surface area contributed by atoms with Gasteiger partial charge >= 0.3 is 0 Å². The van der Waals surface area contributed by atoms with E-state index in [4.69, 9.17) is 0 Å². The molecule has 0 bridgehead atoms. The van der Waals surface area contributed by atoms with Crippen molar-refractivity contribution in [1.82, 2.24) is 15.5 Å². The summed E-state index contributed by atoms with van der Waals surface area (Å²) >= 11 is 0. The monoisotopic (exact) mass is 345 g/mol. The van der Waals surface area contributed by atoms with Crippen LogP contribution in [0.1, 0.15) is 49.8 Å². The number of nitrogens with one attached hydrogen (secondary N) is 2. The first-order chi connectivity index (χ1) is 12.0. The summed E-state index contributed by atoms with van der Waals surface area (Å²) in [6, 6.07) is 7.38. The van der Waals surface area contributed by atoms with Crippen molar-refractivity contribution in [2.24, 2.45) is 0 Å². The summed E-state index contributed by atoms with van der Waals surface area (Å²) in [6.07, 6.45) is 2.60. The average molecular weight is 345 g/mol. The number of benzene rings is 1. The van der Waals surface area contributed by atoms with Crippen molar-refractivity contribution in [1.29, 1.82) is 0 Å². The van der Waals surface area contributed by atoms with Gasteiger partial charge in [0.05, 0.1) is 12.5 Å². The molecule has 1 unspecified atom stereocenters. The van der Waals surface area contributed by atoms with Crippen LogP contribution in [-0.4, -0.2) is 42.3 Å². The number of rotatable bonds is 7. The standard InChI is InChI=1S/C19H27N3O3/c1-14-5-7-16(8-6-14)17(21-15(2)23)13-18(24)20-10-9-19(25)22-11-3-4-12-22/h5-8,17H,3-4,9-13H2,1-2H3,(H,20,24)(H,21,23). The fourth-order valence-electron chi connectivity index (χ4n) is 2.99. The second kappa shape index (κ2) is 9.20. The Morgan fingerprint density at radius 3 is 2.36 bits per heavy atom. The van der Waals surface area contributed by atoms with Crippen molar-refractivity contribution < 1.29 is 14.4 Å². The molecule has 25 heavy (non-hydrogen) atoms. The summed E-state index contributed by atoms with van der Waals surface area (Å²) in [6.45, 7) is 5.40. The molecule has 6 nitrogen and oxygen atoms in total. The molecule has 0 spiro atoms. The van der Waals surface area contributed by atoms with Crippen LogP contribution in [0.15, 0.2) is 24.3 Å². The van der Waals surface area contributed by atoms with E-state index in [9.17, 15) is 14.4 Å². The molecule has 1 aromatic rings. The Morgan fingerprint density at radius 1 is 1.12 bits per heavy atom. The van der Waals surface area contributed by atoms with Gasteiger partial charge in [-0.3, -0.25) is 14.4 Å². The molecule has 2 N–H and O–H groups in total. The molecule has 3 amide bonds. The number of carbonyl (C=O) groups excluding carboxylic acids is 3. The number of carbonyl (C=O) groups is 3. The minimum absolute atomic E-state index is 0.0924. The van der Waals surface area contributed by atoms with Gasteiger partial charge in [0, 0.05) is 33.0 Å². The van der Waals surface area contributed by atoms with Crippen LogP contribution >= 0.6 is 0 Å². The summed E-state index contributed by atoms with van der Waals surface area (Å²) in [5.41, 5.74) is 2.01. The second-order valence-corrected chi connectivity index (χ2v) is 6.56. The minimum Gasteiger partial charge on any atom is -0.356 e. The van der Waals surface area contributed by atoms with Crippen LogP contribution in [0.2, 0.25) is 0 Å². The highest BCUT2D eigenvalue weighted by Crippen LogP contribution is 2.17. The molecule has 1 saturated heterocycles. The first kappa shape index (κ1) is 19.0. The number of aryl methyl sites for hydroxylation is 1. The Kier molecular flexibility index (Phi) is 6.98. The Bertz CT molecular complexity index is 607. The van der Waals surface area contributed by atoms with Gasteiger partial charge in [-0.05, 0) is 25.3 Å². The Morgan fingerprint density at radius 2 is 1.76 bits per heavy atom. The molecule has 0 radical (unpaired) electrons. The quantitative estimate of drug-likeness (QED) is 0.789. The van der Waals surface area contributed by atoms with E-state index in [0.29, 0.717) is 13.0 Å². The molecule has 1 aromatic carbocycles. The number of amides is 3. The molecule has 1 aliphatic heterocycles. The predicted octanol–water partition coefficient (Wildman–Crippen LogP) is 1.69. The summed E-state index contributed by atoms with van der Waals surface area (Å²) in [5, 5.41) is 5.60. The molecule has 136 valence electrons. The molecular weight excluding hydrogens is 318 g/mol. The number of likely N-dealkylation sites (tertiary alicyclic amines) is 1. The zero-order chi connectivity index (χ0) is 18.2. The summed E-state index contributed by atoms with van der Waals surface area (Å²) < 4.78 is 0. The SMILES string of the molecule is CC(=O)NC(CC(=O)NCCC(=O)N1CCCC1)c1ccc(C)cc1. The number of nitrogens with zero attached hydrogens (tertiary/aromatic N) is 1. The Balaban J connectivity index is 1.83. The molecular formula is C19H27N3O3. The summed E-state index contributed by atoms with van der Waals surface area (Å²) in [7, 11) is 0. The zero-order valence-corrected chi connectivity index (χ0v) is 15.0. The van der Waals surface area contributed by atoms with Crippen LogP contribution in [0, 0.1) is 6.92 Å². The third-order valence-electron chi connectivity index (χ3n) is 4.37. The first-order valence-electron chi connectivity index (χ1n) is 8.84. The van der Waals surface area contributed by atoms with E-state index in [-0.39, 0.29) is 30.2 Å². The van der Waals surface area contributed by atoms with Gasteiger partial charge in [-0.2, -0.15) is 0 Å². The van der Waals surface area contributed by atoms with E-state index in [1.807, 2.05) is 36.1 Å². The van der Waals surface area contributed by atoms with Gasteiger partial charge in [-0.25, -0.2) is 0 Å². The van der Waals surface area contributed by atoms with Crippen LogP contribution in [0.3, 0.4) is 0 Å². The van der Waals surface area contributed by atoms with Crippen LogP contribution in [0.25, 0.3) is 0 Å². The van der Waals surface area contributed by atoms with E-state index >= 15 is 0 Å². The second-order valence-electron chi connectivity index (χ2n) is 6.56. The Labute approximate surface area is 149 Å². The third-order valence-corrected chi connectivity index (χ3v) is 4.37. The number of hydrogen-bond acceptors (Lipinski definition) is 3. The van der Waals surface area contributed by atoms with Crippen molar-refractivity contribution in [3.8, 4) is 0 Å². The van der Waals surface area contributed by atoms with Crippen molar-refractivity contribution >= 4 is 17.7 Å². The lowest BCUT2D eigenvalue weighted by Gasteiger charge is -2.19. The lowest BCUT2D eigenvalue weighted by atomic mass is 10.0. The van der Waals surface area contributed by atoms with Crippen molar-refractivity contribution in [3.05, 3.63) is 35.4 Å². The molecule has 0 saturated carbocycles. The first-order valence-corrected chi connectivity index (χ1v) is 8.84. The van der Waals surface area contributed by atoms with Gasteiger partial charge in [-0.15, -0.1) is 0 Å². The predicted molar refractivity (Wildman–Crippen MR) is 95.8 cm³/mol. The van der Waals surface area contributed by atoms with E-state index in [1.54, 1.807) is 0 Å². The van der Waals surface area contributed by atoms with Crippen LogP contribution in [0.5, 0.6) is 0 Å². The topological polar surface area (TPSA) is 78.5 Å². The smallest absolute Gasteiger partial charge is 0.224 e. The average Bonchev–Trinajstić information content (AvgIpc) is 3.09. The van der Waals surface area contributed by atoms with E-state index in [0.717, 1.165) is 37.1 Å². The maximum Gasteiger partial charge on any atom is 0.224 e. The summed E-state index contributed by atoms with van der Waals surface area (Å²) in [4.78, 5) is 37.4. The molecule has 1 aliphatic rings. The van der Waals surface area contributed by atoms with Gasteiger partial charge < -0.3 is 15.5 Å². The van der Waals surface area contributed by atoms with E-state index in [1.165, 1.54) is 6.92 Å². The van der Waals surface area contributed by atoms with Crippen molar-refractivity contribution in [3.63, 3.8) is 0 Å². The van der Waals surface area contributed by atoms with Gasteiger partial charge in [0.2, 0.25) is 17.7 Å². The molecule has 0 aliphatic carbocycles. The highest BCUT2D eigenvalue weighted by Gasteiger charge is 2.19. The normalized spacial score (nSPS) is 14.9. The highest BCUT2D eigenvalue weighted by atomic mass is 16.2. The van der Waals surface area contributed by atoms with Crippen LogP contribution < -0.4 is 10.6 Å². The molecule has 1 atom stereocenters. The summed E-state index contributed by atoms with van der Waals surface area (Å²) in [5.74, 6) is -0.258. The fraction of sp³-hybridized carbons (Fsp3) is 0.526. The fourth-order valence-corrected chi connectivity index (χ4v) is 2.99. The maximum atomic E-state index is 12.2. The van der Waals surface area contributed by atoms with Gasteiger partial charge in [-0.1, -0.05) is 29.8 Å². The zero-order valence-electron chi connectivity index (χ0n) is 15.0. The maximum absolute atomic E-state index is 12.2. The largest absolute Gasteiger partial charge is 0.356 e. The van der Waals surface area contributed by atoms with E-state index in [2.05, 4.69) is 10.6 Å².